The number of nitrogens with one attached hydrogen (secondary N) is 1. The second-order valence-corrected chi connectivity index (χ2v) is 5.38. The van der Waals surface area contributed by atoms with Gasteiger partial charge in [-0.2, -0.15) is 0 Å². The van der Waals surface area contributed by atoms with Gasteiger partial charge >= 0.3 is 0 Å². The van der Waals surface area contributed by atoms with E-state index in [4.69, 9.17) is 0 Å². The van der Waals surface area contributed by atoms with E-state index in [1.165, 1.54) is 12.8 Å². The smallest absolute Gasteiger partial charge is 0.0906 e. The van der Waals surface area contributed by atoms with Gasteiger partial charge in [-0.15, -0.1) is 0 Å². The molecule has 0 aromatic carbocycles. The van der Waals surface area contributed by atoms with Crippen molar-refractivity contribution in [1.82, 2.24) is 10.2 Å². The number of hydrogen-bond donors (Lipinski definition) is 1. The fourth-order valence-corrected chi connectivity index (χ4v) is 2.27. The van der Waals surface area contributed by atoms with Gasteiger partial charge in [0.1, 0.15) is 0 Å². The molecule has 0 unspecified atom stereocenters. The monoisotopic (exact) mass is 230 g/mol. The Bertz CT molecular complexity index is 165. The molecule has 1 fully saturated rings. The summed E-state index contributed by atoms with van der Waals surface area (Å²) in [6.45, 7) is 9.87. The maximum Gasteiger partial charge on any atom is 0.0906 e. The third-order valence-corrected chi connectivity index (χ3v) is 3.30. The number of rotatable bonds is 7. The van der Waals surface area contributed by atoms with Gasteiger partial charge in [0.25, 0.3) is 0 Å². The lowest BCUT2D eigenvalue weighted by Gasteiger charge is -2.32. The quantitative estimate of drug-likeness (QED) is 0.722. The molecule has 0 aromatic heterocycles. The topological polar surface area (TPSA) is 15.3 Å². The zero-order valence-corrected chi connectivity index (χ0v) is 10.8. The van der Waals surface area contributed by atoms with Crippen LogP contribution in [-0.2, 0) is 0 Å². The Balaban J connectivity index is 2.03. The molecule has 1 aliphatic heterocycles. The molecule has 0 aliphatic carbocycles. The molecule has 0 radical (unpaired) electrons. The van der Waals surface area contributed by atoms with Crippen molar-refractivity contribution < 1.29 is 4.39 Å². The average Bonchev–Trinajstić information content (AvgIpc) is 2.27. The van der Waals surface area contributed by atoms with Gasteiger partial charge in [-0.3, -0.25) is 4.39 Å². The third-order valence-electron chi connectivity index (χ3n) is 3.30. The first kappa shape index (κ1) is 13.9. The highest BCUT2D eigenvalue weighted by molar-refractivity contribution is 4.73. The fourth-order valence-electron chi connectivity index (χ4n) is 2.27. The van der Waals surface area contributed by atoms with Crippen LogP contribution in [0.1, 0.15) is 33.1 Å². The van der Waals surface area contributed by atoms with Crippen LogP contribution < -0.4 is 5.32 Å². The Morgan fingerprint density at radius 3 is 2.56 bits per heavy atom. The lowest BCUT2D eigenvalue weighted by Crippen LogP contribution is -2.38. The minimum absolute atomic E-state index is 0.171. The van der Waals surface area contributed by atoms with E-state index in [0.717, 1.165) is 44.6 Å². The highest BCUT2D eigenvalue weighted by atomic mass is 19.1. The van der Waals surface area contributed by atoms with Crippen molar-refractivity contribution in [3.63, 3.8) is 0 Å². The number of piperidine rings is 1. The van der Waals surface area contributed by atoms with Crippen molar-refractivity contribution in [2.24, 2.45) is 11.8 Å². The zero-order valence-electron chi connectivity index (χ0n) is 10.8. The third kappa shape index (κ3) is 5.80. The van der Waals surface area contributed by atoms with Gasteiger partial charge < -0.3 is 10.2 Å². The lowest BCUT2D eigenvalue weighted by molar-refractivity contribution is 0.176. The van der Waals surface area contributed by atoms with Crippen molar-refractivity contribution in [1.29, 1.82) is 0 Å². The van der Waals surface area contributed by atoms with Crippen molar-refractivity contribution in [2.75, 3.05) is 39.4 Å². The summed E-state index contributed by atoms with van der Waals surface area (Å²) in [7, 11) is 0. The first-order chi connectivity index (χ1) is 7.72. The number of nitrogens with zero attached hydrogens (tertiary/aromatic N) is 1. The van der Waals surface area contributed by atoms with E-state index in [1.807, 2.05) is 0 Å². The summed E-state index contributed by atoms with van der Waals surface area (Å²) in [5, 5.41) is 3.53. The predicted molar refractivity (Wildman–Crippen MR) is 67.5 cm³/mol. The summed E-state index contributed by atoms with van der Waals surface area (Å²) >= 11 is 0. The largest absolute Gasteiger partial charge is 0.316 e. The molecule has 0 spiro atoms. The molecule has 1 aliphatic rings. The molecule has 0 bridgehead atoms. The molecular weight excluding hydrogens is 203 g/mol. The van der Waals surface area contributed by atoms with Crippen LogP contribution in [0.3, 0.4) is 0 Å². The second-order valence-electron chi connectivity index (χ2n) is 5.38. The summed E-state index contributed by atoms with van der Waals surface area (Å²) in [5.41, 5.74) is 0. The summed E-state index contributed by atoms with van der Waals surface area (Å²) < 4.78 is 12.0. The Hall–Kier alpha value is -0.150. The number of alkyl halides is 1. The fraction of sp³-hybridized carbons (Fsp3) is 1.00. The Morgan fingerprint density at radius 1 is 1.31 bits per heavy atom. The molecule has 3 heteroatoms. The maximum absolute atomic E-state index is 12.0. The summed E-state index contributed by atoms with van der Waals surface area (Å²) in [5.74, 6) is 1.57. The van der Waals surface area contributed by atoms with E-state index in [-0.39, 0.29) is 6.67 Å². The first-order valence-corrected chi connectivity index (χ1v) is 6.71. The molecule has 1 N–H and O–H groups in total. The van der Waals surface area contributed by atoms with E-state index >= 15 is 0 Å². The van der Waals surface area contributed by atoms with E-state index in [9.17, 15) is 4.39 Å². The Labute approximate surface area is 99.6 Å². The lowest BCUT2D eigenvalue weighted by atomic mass is 9.96. The molecule has 0 amide bonds. The van der Waals surface area contributed by atoms with Crippen molar-refractivity contribution in [3.8, 4) is 0 Å². The van der Waals surface area contributed by atoms with Crippen LogP contribution in [0.25, 0.3) is 0 Å². The average molecular weight is 230 g/mol. The SMILES string of the molecule is CC(C)CNCC1CCN(CCCF)CC1. The maximum atomic E-state index is 12.0. The predicted octanol–water partition coefficient (Wildman–Crippen LogP) is 2.30. The Kier molecular flexibility index (Phi) is 6.97. The van der Waals surface area contributed by atoms with Crippen molar-refractivity contribution in [2.45, 2.75) is 33.1 Å². The van der Waals surface area contributed by atoms with Crippen LogP contribution in [0, 0.1) is 11.8 Å². The number of halogens is 1. The molecule has 0 atom stereocenters. The van der Waals surface area contributed by atoms with Crippen LogP contribution in [0.4, 0.5) is 4.39 Å². The molecule has 2 nitrogen and oxygen atoms in total. The Morgan fingerprint density at radius 2 is 2.00 bits per heavy atom. The van der Waals surface area contributed by atoms with Gasteiger partial charge in [-0.1, -0.05) is 13.8 Å². The van der Waals surface area contributed by atoms with E-state index < -0.39 is 0 Å². The zero-order chi connectivity index (χ0) is 11.8. The first-order valence-electron chi connectivity index (χ1n) is 6.71. The summed E-state index contributed by atoms with van der Waals surface area (Å²) in [6.07, 6.45) is 3.25. The van der Waals surface area contributed by atoms with Crippen molar-refractivity contribution in [3.05, 3.63) is 0 Å². The van der Waals surface area contributed by atoms with E-state index in [0.29, 0.717) is 6.42 Å². The molecule has 0 saturated carbocycles. The molecule has 96 valence electrons. The van der Waals surface area contributed by atoms with E-state index in [2.05, 4.69) is 24.1 Å². The molecule has 1 saturated heterocycles. The number of hydrogen-bond acceptors (Lipinski definition) is 2. The summed E-state index contributed by atoms with van der Waals surface area (Å²) in [4.78, 5) is 2.40. The second kappa shape index (κ2) is 8.02. The van der Waals surface area contributed by atoms with Crippen LogP contribution in [0.5, 0.6) is 0 Å². The molecule has 1 rings (SSSR count). The van der Waals surface area contributed by atoms with Gasteiger partial charge in [0.05, 0.1) is 6.67 Å². The molecule has 16 heavy (non-hydrogen) atoms. The van der Waals surface area contributed by atoms with Gasteiger partial charge in [-0.25, -0.2) is 0 Å². The number of likely N-dealkylation sites (tertiary alicyclic amines) is 1. The minimum atomic E-state index is -0.171. The normalized spacial score (nSPS) is 19.5. The van der Waals surface area contributed by atoms with Crippen LogP contribution in [-0.4, -0.2) is 44.3 Å². The highest BCUT2D eigenvalue weighted by Crippen LogP contribution is 2.16. The van der Waals surface area contributed by atoms with E-state index in [1.54, 1.807) is 0 Å². The standard InChI is InChI=1S/C13H27FN2/c1-12(2)10-15-11-13-4-8-16(9-5-13)7-3-6-14/h12-13,15H,3-11H2,1-2H3. The van der Waals surface area contributed by atoms with Gasteiger partial charge in [-0.05, 0) is 57.3 Å². The van der Waals surface area contributed by atoms with Crippen LogP contribution in [0.2, 0.25) is 0 Å². The summed E-state index contributed by atoms with van der Waals surface area (Å²) in [6, 6.07) is 0. The van der Waals surface area contributed by atoms with Crippen LogP contribution >= 0.6 is 0 Å². The van der Waals surface area contributed by atoms with Gasteiger partial charge in [0.2, 0.25) is 0 Å². The molecular formula is C13H27FN2. The highest BCUT2D eigenvalue weighted by Gasteiger charge is 2.18. The van der Waals surface area contributed by atoms with Crippen LogP contribution in [0.15, 0.2) is 0 Å². The van der Waals surface area contributed by atoms with Crippen molar-refractivity contribution >= 4 is 0 Å². The molecule has 0 aromatic rings. The van der Waals surface area contributed by atoms with Gasteiger partial charge in [0, 0.05) is 6.54 Å². The van der Waals surface area contributed by atoms with Gasteiger partial charge in [0.15, 0.2) is 0 Å². The molecule has 1 heterocycles. The minimum Gasteiger partial charge on any atom is -0.316 e.